The van der Waals surface area contributed by atoms with E-state index in [1.807, 2.05) is 0 Å². The van der Waals surface area contributed by atoms with Crippen molar-refractivity contribution in [1.82, 2.24) is 14.8 Å². The highest BCUT2D eigenvalue weighted by molar-refractivity contribution is 5.83. The molecule has 1 aromatic heterocycles. The van der Waals surface area contributed by atoms with Crippen LogP contribution >= 0.6 is 0 Å². The summed E-state index contributed by atoms with van der Waals surface area (Å²) in [4.78, 5) is 8.45. The molecule has 0 atom stereocenters. The molecule has 1 aliphatic heterocycles. The molecule has 2 heterocycles. The topological polar surface area (TPSA) is 22.3 Å². The summed E-state index contributed by atoms with van der Waals surface area (Å²) in [5.74, 6) is 0.589. The molecule has 2 aromatic rings. The molecule has 114 valence electrons. The molecule has 0 spiro atoms. The molecule has 0 radical (unpaired) electrons. The summed E-state index contributed by atoms with van der Waals surface area (Å²) < 4.78 is 0. The van der Waals surface area contributed by atoms with Gasteiger partial charge in [-0.1, -0.05) is 26.0 Å². The van der Waals surface area contributed by atoms with Crippen LogP contribution in [0.4, 0.5) is 0 Å². The van der Waals surface area contributed by atoms with Crippen LogP contribution in [-0.2, 0) is 6.42 Å². The lowest BCUT2D eigenvalue weighted by Gasteiger charge is -2.32. The van der Waals surface area contributed by atoms with Crippen LogP contribution in [0.15, 0.2) is 24.4 Å². The summed E-state index contributed by atoms with van der Waals surface area (Å²) in [6, 6.07) is 6.88. The van der Waals surface area contributed by atoms with Gasteiger partial charge < -0.3 is 14.8 Å². The third-order valence-corrected chi connectivity index (χ3v) is 4.75. The van der Waals surface area contributed by atoms with E-state index < -0.39 is 0 Å². The largest absolute Gasteiger partial charge is 0.361 e. The molecule has 1 N–H and O–H groups in total. The molecule has 21 heavy (non-hydrogen) atoms. The van der Waals surface area contributed by atoms with Crippen LogP contribution in [0.3, 0.4) is 0 Å². The summed E-state index contributed by atoms with van der Waals surface area (Å²) >= 11 is 0. The fourth-order valence-corrected chi connectivity index (χ4v) is 3.12. The lowest BCUT2D eigenvalue weighted by Crippen LogP contribution is -2.45. The van der Waals surface area contributed by atoms with Crippen LogP contribution < -0.4 is 0 Å². The Morgan fingerprint density at radius 3 is 2.62 bits per heavy atom. The molecular weight excluding hydrogens is 258 g/mol. The Hall–Kier alpha value is -1.32. The Morgan fingerprint density at radius 2 is 1.90 bits per heavy atom. The monoisotopic (exact) mass is 285 g/mol. The number of nitrogens with zero attached hydrogens (tertiary/aromatic N) is 2. The van der Waals surface area contributed by atoms with Gasteiger partial charge in [0, 0.05) is 49.8 Å². The smallest absolute Gasteiger partial charge is 0.0459 e. The fourth-order valence-electron chi connectivity index (χ4n) is 3.12. The maximum absolute atomic E-state index is 3.45. The Kier molecular flexibility index (Phi) is 4.32. The molecule has 1 aliphatic rings. The van der Waals surface area contributed by atoms with E-state index in [4.69, 9.17) is 0 Å². The first-order chi connectivity index (χ1) is 10.1. The summed E-state index contributed by atoms with van der Waals surface area (Å²) in [6.07, 6.45) is 3.34. The molecule has 1 fully saturated rings. The molecule has 1 aromatic carbocycles. The Bertz CT molecular complexity index is 592. The molecule has 1 saturated heterocycles. The molecule has 0 bridgehead atoms. The highest BCUT2D eigenvalue weighted by Gasteiger charge is 2.14. The number of likely N-dealkylation sites (N-methyl/N-ethyl adjacent to an activating group) is 1. The van der Waals surface area contributed by atoms with Crippen molar-refractivity contribution in [2.75, 3.05) is 39.8 Å². The second-order valence-electron chi connectivity index (χ2n) is 6.67. The van der Waals surface area contributed by atoms with E-state index in [9.17, 15) is 0 Å². The number of nitrogens with one attached hydrogen (secondary N) is 1. The van der Waals surface area contributed by atoms with Gasteiger partial charge in [-0.2, -0.15) is 0 Å². The number of hydrogen-bond acceptors (Lipinski definition) is 2. The minimum Gasteiger partial charge on any atom is -0.361 e. The lowest BCUT2D eigenvalue weighted by molar-refractivity contribution is 0.155. The summed E-state index contributed by atoms with van der Waals surface area (Å²) in [5, 5.41) is 1.40. The number of benzene rings is 1. The van der Waals surface area contributed by atoms with Gasteiger partial charge in [-0.3, -0.25) is 0 Å². The highest BCUT2D eigenvalue weighted by Crippen LogP contribution is 2.24. The Balaban J connectivity index is 1.67. The normalized spacial score (nSPS) is 17.9. The molecule has 3 heteroatoms. The SMILES string of the molecule is CC(C)c1ccc2c(CCN3CCN(C)CC3)c[nH]c2c1. The van der Waals surface area contributed by atoms with Gasteiger partial charge in [-0.15, -0.1) is 0 Å². The predicted octanol–water partition coefficient (Wildman–Crippen LogP) is 3.08. The first-order valence-electron chi connectivity index (χ1n) is 8.14. The van der Waals surface area contributed by atoms with Gasteiger partial charge in [-0.05, 0) is 36.6 Å². The van der Waals surface area contributed by atoms with Gasteiger partial charge in [0.05, 0.1) is 0 Å². The van der Waals surface area contributed by atoms with E-state index in [1.165, 1.54) is 54.8 Å². The van der Waals surface area contributed by atoms with Crippen molar-refractivity contribution in [2.24, 2.45) is 0 Å². The van der Waals surface area contributed by atoms with Gasteiger partial charge in [-0.25, -0.2) is 0 Å². The molecule has 0 amide bonds. The third kappa shape index (κ3) is 3.30. The van der Waals surface area contributed by atoms with E-state index in [0.717, 1.165) is 6.42 Å². The molecule has 3 rings (SSSR count). The van der Waals surface area contributed by atoms with Crippen LogP contribution in [0.5, 0.6) is 0 Å². The standard InChI is InChI=1S/C18H27N3/c1-14(2)15-4-5-17-16(13-19-18(17)12-15)6-7-21-10-8-20(3)9-11-21/h4-5,12-14,19H,6-11H2,1-3H3. The average Bonchev–Trinajstić information content (AvgIpc) is 2.89. The Labute approximate surface area is 127 Å². The summed E-state index contributed by atoms with van der Waals surface area (Å²) in [6.45, 7) is 10.5. The zero-order valence-electron chi connectivity index (χ0n) is 13.5. The van der Waals surface area contributed by atoms with E-state index in [2.05, 4.69) is 60.1 Å². The number of H-pyrrole nitrogens is 1. The van der Waals surface area contributed by atoms with E-state index in [1.54, 1.807) is 0 Å². The maximum Gasteiger partial charge on any atom is 0.0459 e. The average molecular weight is 285 g/mol. The van der Waals surface area contributed by atoms with Crippen LogP contribution in [-0.4, -0.2) is 54.6 Å². The van der Waals surface area contributed by atoms with Crippen molar-refractivity contribution >= 4 is 10.9 Å². The van der Waals surface area contributed by atoms with Crippen molar-refractivity contribution < 1.29 is 0 Å². The number of aromatic amines is 1. The number of piperazine rings is 1. The number of hydrogen-bond donors (Lipinski definition) is 1. The second kappa shape index (κ2) is 6.20. The zero-order valence-corrected chi connectivity index (χ0v) is 13.5. The van der Waals surface area contributed by atoms with Crippen LogP contribution in [0.25, 0.3) is 10.9 Å². The molecular formula is C18H27N3. The van der Waals surface area contributed by atoms with Crippen molar-refractivity contribution in [3.63, 3.8) is 0 Å². The number of fused-ring (bicyclic) bond motifs is 1. The van der Waals surface area contributed by atoms with Crippen LogP contribution in [0.2, 0.25) is 0 Å². The van der Waals surface area contributed by atoms with Crippen molar-refractivity contribution in [3.05, 3.63) is 35.5 Å². The van der Waals surface area contributed by atoms with Crippen LogP contribution in [0.1, 0.15) is 30.9 Å². The third-order valence-electron chi connectivity index (χ3n) is 4.75. The quantitative estimate of drug-likeness (QED) is 0.932. The molecule has 3 nitrogen and oxygen atoms in total. The fraction of sp³-hybridized carbons (Fsp3) is 0.556. The highest BCUT2D eigenvalue weighted by atomic mass is 15.2. The summed E-state index contributed by atoms with van der Waals surface area (Å²) in [5.41, 5.74) is 4.16. The minimum atomic E-state index is 0.589. The summed E-state index contributed by atoms with van der Waals surface area (Å²) in [7, 11) is 2.21. The van der Waals surface area contributed by atoms with Crippen molar-refractivity contribution in [1.29, 1.82) is 0 Å². The van der Waals surface area contributed by atoms with Crippen LogP contribution in [0, 0.1) is 0 Å². The van der Waals surface area contributed by atoms with Crippen molar-refractivity contribution in [2.45, 2.75) is 26.2 Å². The molecule has 0 unspecified atom stereocenters. The number of rotatable bonds is 4. The van der Waals surface area contributed by atoms with Gasteiger partial charge in [0.15, 0.2) is 0 Å². The minimum absolute atomic E-state index is 0.589. The van der Waals surface area contributed by atoms with Gasteiger partial charge in [0.1, 0.15) is 0 Å². The van der Waals surface area contributed by atoms with Gasteiger partial charge in [0.2, 0.25) is 0 Å². The van der Waals surface area contributed by atoms with E-state index >= 15 is 0 Å². The molecule has 0 aliphatic carbocycles. The maximum atomic E-state index is 3.45. The molecule has 0 saturated carbocycles. The first kappa shape index (κ1) is 14.6. The second-order valence-corrected chi connectivity index (χ2v) is 6.67. The first-order valence-corrected chi connectivity index (χ1v) is 8.14. The predicted molar refractivity (Wildman–Crippen MR) is 90.0 cm³/mol. The number of aromatic nitrogens is 1. The van der Waals surface area contributed by atoms with Gasteiger partial charge >= 0.3 is 0 Å². The van der Waals surface area contributed by atoms with Gasteiger partial charge in [0.25, 0.3) is 0 Å². The van der Waals surface area contributed by atoms with E-state index in [0.29, 0.717) is 5.92 Å². The zero-order chi connectivity index (χ0) is 14.8. The lowest BCUT2D eigenvalue weighted by atomic mass is 10.0. The Morgan fingerprint density at radius 1 is 1.14 bits per heavy atom. The van der Waals surface area contributed by atoms with E-state index in [-0.39, 0.29) is 0 Å². The van der Waals surface area contributed by atoms with Crippen molar-refractivity contribution in [3.8, 4) is 0 Å².